The van der Waals surface area contributed by atoms with Crippen LogP contribution in [0.2, 0.25) is 0 Å². The van der Waals surface area contributed by atoms with Gasteiger partial charge in [0.1, 0.15) is 24.7 Å². The van der Waals surface area contributed by atoms with Gasteiger partial charge >= 0.3 is 5.97 Å². The number of methoxy groups -OCH3 is 1. The van der Waals surface area contributed by atoms with Gasteiger partial charge in [-0.25, -0.2) is 0 Å². The third-order valence-corrected chi connectivity index (χ3v) is 3.89. The van der Waals surface area contributed by atoms with Gasteiger partial charge in [-0.2, -0.15) is 0 Å². The monoisotopic (exact) mass is 319 g/mol. The van der Waals surface area contributed by atoms with Crippen molar-refractivity contribution in [1.29, 1.82) is 0 Å². The summed E-state index contributed by atoms with van der Waals surface area (Å²) in [4.78, 5) is 25.1. The molecule has 0 fully saturated rings. The van der Waals surface area contributed by atoms with Gasteiger partial charge < -0.3 is 19.5 Å². The highest BCUT2D eigenvalue weighted by Gasteiger charge is 2.27. The third-order valence-electron chi connectivity index (χ3n) is 3.89. The maximum atomic E-state index is 12.7. The topological polar surface area (TPSA) is 76.1 Å². The van der Waals surface area contributed by atoms with E-state index in [2.05, 4.69) is 0 Å². The molecular weight excluding hydrogens is 298 g/mol. The summed E-state index contributed by atoms with van der Waals surface area (Å²) in [7, 11) is 1.57. The van der Waals surface area contributed by atoms with Gasteiger partial charge in [-0.3, -0.25) is 9.59 Å². The van der Waals surface area contributed by atoms with Crippen molar-refractivity contribution in [2.75, 3.05) is 20.3 Å². The highest BCUT2D eigenvalue weighted by Crippen LogP contribution is 2.30. The first-order chi connectivity index (χ1) is 11.0. The Morgan fingerprint density at radius 1 is 1.43 bits per heavy atom. The van der Waals surface area contributed by atoms with E-state index >= 15 is 0 Å². The molecule has 1 aliphatic heterocycles. The quantitative estimate of drug-likeness (QED) is 0.870. The molecule has 0 bridgehead atoms. The van der Waals surface area contributed by atoms with E-state index < -0.39 is 5.97 Å². The van der Waals surface area contributed by atoms with E-state index in [0.717, 1.165) is 5.56 Å². The van der Waals surface area contributed by atoms with Crippen molar-refractivity contribution in [3.63, 3.8) is 0 Å². The molecule has 23 heavy (non-hydrogen) atoms. The SMILES string of the molecule is CCC(C)N(CC(=O)O)C(=O)C1=Cc2cc(OC)ccc2OC1. The molecule has 0 saturated heterocycles. The van der Waals surface area contributed by atoms with Crippen molar-refractivity contribution in [3.05, 3.63) is 29.3 Å². The molecule has 1 N–H and O–H groups in total. The lowest BCUT2D eigenvalue weighted by molar-refractivity contribution is -0.144. The largest absolute Gasteiger partial charge is 0.497 e. The van der Waals surface area contributed by atoms with Crippen LogP contribution in [0, 0.1) is 0 Å². The molecule has 124 valence electrons. The Balaban J connectivity index is 2.30. The minimum atomic E-state index is -1.03. The Morgan fingerprint density at radius 3 is 2.78 bits per heavy atom. The van der Waals surface area contributed by atoms with Gasteiger partial charge in [-0.05, 0) is 37.6 Å². The van der Waals surface area contributed by atoms with Gasteiger partial charge in [0.15, 0.2) is 0 Å². The van der Waals surface area contributed by atoms with Gasteiger partial charge in [-0.15, -0.1) is 0 Å². The van der Waals surface area contributed by atoms with E-state index in [1.807, 2.05) is 13.8 Å². The number of carboxylic acids is 1. The molecule has 1 atom stereocenters. The zero-order valence-electron chi connectivity index (χ0n) is 13.5. The lowest BCUT2D eigenvalue weighted by atomic mass is 10.0. The van der Waals surface area contributed by atoms with Crippen molar-refractivity contribution in [2.45, 2.75) is 26.3 Å². The number of hydrogen-bond donors (Lipinski definition) is 1. The number of carbonyl (C=O) groups excluding carboxylic acids is 1. The fourth-order valence-electron chi connectivity index (χ4n) is 2.38. The summed E-state index contributed by atoms with van der Waals surface area (Å²) < 4.78 is 10.8. The molecule has 1 heterocycles. The first kappa shape index (κ1) is 16.9. The van der Waals surface area contributed by atoms with Gasteiger partial charge in [-0.1, -0.05) is 6.92 Å². The second kappa shape index (κ2) is 7.17. The minimum absolute atomic E-state index is 0.130. The number of carbonyl (C=O) groups is 2. The fraction of sp³-hybridized carbons (Fsp3) is 0.412. The van der Waals surface area contributed by atoms with Crippen LogP contribution in [0.1, 0.15) is 25.8 Å². The first-order valence-electron chi connectivity index (χ1n) is 7.50. The normalized spacial score (nSPS) is 14.1. The maximum Gasteiger partial charge on any atom is 0.323 e. The predicted molar refractivity (Wildman–Crippen MR) is 85.6 cm³/mol. The average molecular weight is 319 g/mol. The molecule has 0 radical (unpaired) electrons. The van der Waals surface area contributed by atoms with Gasteiger partial charge in [0.05, 0.1) is 12.7 Å². The third kappa shape index (κ3) is 3.83. The molecule has 6 heteroatoms. The standard InChI is InChI=1S/C17H21NO5/c1-4-11(2)18(9-16(19)20)17(21)13-7-12-8-14(22-3)5-6-15(12)23-10-13/h5-8,11H,4,9-10H2,1-3H3,(H,19,20). The van der Waals surface area contributed by atoms with Gasteiger partial charge in [0.2, 0.25) is 0 Å². The number of nitrogens with zero attached hydrogens (tertiary/aromatic N) is 1. The van der Waals surface area contributed by atoms with E-state index in [4.69, 9.17) is 14.6 Å². The lowest BCUT2D eigenvalue weighted by Crippen LogP contribution is -2.43. The zero-order valence-corrected chi connectivity index (χ0v) is 13.5. The average Bonchev–Trinajstić information content (AvgIpc) is 2.57. The lowest BCUT2D eigenvalue weighted by Gasteiger charge is -2.29. The van der Waals surface area contributed by atoms with Gasteiger partial charge in [0.25, 0.3) is 5.91 Å². The van der Waals surface area contributed by atoms with Crippen molar-refractivity contribution < 1.29 is 24.2 Å². The van der Waals surface area contributed by atoms with Crippen LogP contribution < -0.4 is 9.47 Å². The Morgan fingerprint density at radius 2 is 2.17 bits per heavy atom. The number of rotatable bonds is 6. The van der Waals surface area contributed by atoms with Crippen molar-refractivity contribution in [1.82, 2.24) is 4.90 Å². The number of benzene rings is 1. The zero-order chi connectivity index (χ0) is 17.0. The smallest absolute Gasteiger partial charge is 0.323 e. The summed E-state index contributed by atoms with van der Waals surface area (Å²) >= 11 is 0. The van der Waals surface area contributed by atoms with Gasteiger partial charge in [0, 0.05) is 11.6 Å². The summed E-state index contributed by atoms with van der Waals surface area (Å²) in [5, 5.41) is 9.04. The number of amides is 1. The van der Waals surface area contributed by atoms with Crippen LogP contribution in [0.25, 0.3) is 6.08 Å². The van der Waals surface area contributed by atoms with Crippen LogP contribution in [-0.4, -0.2) is 48.2 Å². The van der Waals surface area contributed by atoms with Crippen LogP contribution in [0.3, 0.4) is 0 Å². The molecule has 0 aromatic heterocycles. The fourth-order valence-corrected chi connectivity index (χ4v) is 2.38. The highest BCUT2D eigenvalue weighted by molar-refractivity contribution is 6.00. The summed E-state index contributed by atoms with van der Waals surface area (Å²) in [6, 6.07) is 5.20. The number of aliphatic carboxylic acids is 1. The minimum Gasteiger partial charge on any atom is -0.497 e. The predicted octanol–water partition coefficient (Wildman–Crippen LogP) is 2.18. The van der Waals surface area contributed by atoms with E-state index in [9.17, 15) is 9.59 Å². The van der Waals surface area contributed by atoms with E-state index in [0.29, 0.717) is 23.5 Å². The first-order valence-corrected chi connectivity index (χ1v) is 7.50. The summed E-state index contributed by atoms with van der Waals surface area (Å²) in [5.74, 6) is 0.00515. The molecule has 0 aliphatic carbocycles. The van der Waals surface area contributed by atoms with Crippen molar-refractivity contribution >= 4 is 18.0 Å². The Bertz CT molecular complexity index is 638. The molecule has 2 rings (SSSR count). The Kier molecular flexibility index (Phi) is 5.26. The highest BCUT2D eigenvalue weighted by atomic mass is 16.5. The van der Waals surface area contributed by atoms with E-state index in [-0.39, 0.29) is 25.1 Å². The molecular formula is C17H21NO5. The molecule has 6 nitrogen and oxygen atoms in total. The number of carboxylic acid groups (broad SMARTS) is 1. The summed E-state index contributed by atoms with van der Waals surface area (Å²) in [6.07, 6.45) is 2.42. The summed E-state index contributed by atoms with van der Waals surface area (Å²) in [5.41, 5.74) is 1.19. The molecule has 0 spiro atoms. The van der Waals surface area contributed by atoms with Crippen LogP contribution >= 0.6 is 0 Å². The van der Waals surface area contributed by atoms with Crippen LogP contribution in [0.4, 0.5) is 0 Å². The van der Waals surface area contributed by atoms with E-state index in [1.165, 1.54) is 4.90 Å². The molecule has 1 aromatic carbocycles. The Hall–Kier alpha value is -2.50. The molecule has 1 aromatic rings. The molecule has 0 saturated carbocycles. The molecule has 1 amide bonds. The molecule has 1 unspecified atom stereocenters. The Labute approximate surface area is 135 Å². The number of ether oxygens (including phenoxy) is 2. The maximum absolute atomic E-state index is 12.7. The van der Waals surface area contributed by atoms with Crippen molar-refractivity contribution in [3.8, 4) is 11.5 Å². The van der Waals surface area contributed by atoms with Crippen LogP contribution in [0.15, 0.2) is 23.8 Å². The summed E-state index contributed by atoms with van der Waals surface area (Å²) in [6.45, 7) is 3.56. The second-order valence-corrected chi connectivity index (χ2v) is 5.45. The van der Waals surface area contributed by atoms with Crippen molar-refractivity contribution in [2.24, 2.45) is 0 Å². The second-order valence-electron chi connectivity index (χ2n) is 5.45. The van der Waals surface area contributed by atoms with Crippen LogP contribution in [0.5, 0.6) is 11.5 Å². The molecule has 1 aliphatic rings. The number of hydrogen-bond acceptors (Lipinski definition) is 4. The van der Waals surface area contributed by atoms with Crippen LogP contribution in [-0.2, 0) is 9.59 Å². The van der Waals surface area contributed by atoms with E-state index in [1.54, 1.807) is 31.4 Å². The number of fused-ring (bicyclic) bond motifs is 1.